The van der Waals surface area contributed by atoms with Crippen LogP contribution in [0.3, 0.4) is 0 Å². The highest BCUT2D eigenvalue weighted by Gasteiger charge is 2.17. The molecule has 96 valence electrons. The molecule has 0 bridgehead atoms. The Labute approximate surface area is 113 Å². The highest BCUT2D eigenvalue weighted by molar-refractivity contribution is 7.09. The summed E-state index contributed by atoms with van der Waals surface area (Å²) in [6.07, 6.45) is 2.16. The fourth-order valence-electron chi connectivity index (χ4n) is 1.92. The molecule has 1 aromatic heterocycles. The molecular formula is C15H19NOS. The number of hydrogen-bond acceptors (Lipinski definition) is 3. The van der Waals surface area contributed by atoms with Crippen molar-refractivity contribution in [3.8, 4) is 0 Å². The van der Waals surface area contributed by atoms with Gasteiger partial charge in [-0.05, 0) is 18.9 Å². The van der Waals surface area contributed by atoms with Gasteiger partial charge in [0.05, 0.1) is 5.69 Å². The number of benzene rings is 1. The van der Waals surface area contributed by atoms with Gasteiger partial charge in [0, 0.05) is 12.0 Å². The molecule has 0 spiro atoms. The summed E-state index contributed by atoms with van der Waals surface area (Å²) in [6, 6.07) is 10.3. The zero-order valence-corrected chi connectivity index (χ0v) is 11.7. The van der Waals surface area contributed by atoms with E-state index in [2.05, 4.69) is 29.4 Å². The molecule has 0 saturated heterocycles. The lowest BCUT2D eigenvalue weighted by Gasteiger charge is -2.14. The van der Waals surface area contributed by atoms with Crippen LogP contribution in [0.15, 0.2) is 35.7 Å². The number of thiazole rings is 1. The topological polar surface area (TPSA) is 22.1 Å². The molecule has 0 aliphatic carbocycles. The molecule has 0 radical (unpaired) electrons. The first kappa shape index (κ1) is 13.2. The van der Waals surface area contributed by atoms with Crippen molar-refractivity contribution in [2.24, 2.45) is 0 Å². The molecule has 0 amide bonds. The molecule has 18 heavy (non-hydrogen) atoms. The van der Waals surface area contributed by atoms with E-state index in [-0.39, 0.29) is 6.10 Å². The highest BCUT2D eigenvalue weighted by atomic mass is 32.1. The van der Waals surface area contributed by atoms with Gasteiger partial charge in [-0.2, -0.15) is 0 Å². The maximum atomic E-state index is 5.85. The van der Waals surface area contributed by atoms with Gasteiger partial charge in [0.2, 0.25) is 0 Å². The Morgan fingerprint density at radius 3 is 2.67 bits per heavy atom. The fourth-order valence-corrected chi connectivity index (χ4v) is 2.84. The largest absolute Gasteiger partial charge is 0.367 e. The van der Waals surface area contributed by atoms with Crippen LogP contribution in [-0.2, 0) is 11.2 Å². The summed E-state index contributed by atoms with van der Waals surface area (Å²) in [6.45, 7) is 4.90. The second-order valence-electron chi connectivity index (χ2n) is 4.17. The summed E-state index contributed by atoms with van der Waals surface area (Å²) in [4.78, 5) is 4.69. The van der Waals surface area contributed by atoms with Crippen molar-refractivity contribution in [3.63, 3.8) is 0 Å². The molecule has 1 aromatic carbocycles. The van der Waals surface area contributed by atoms with Crippen molar-refractivity contribution in [2.45, 2.75) is 32.8 Å². The number of nitrogens with zero attached hydrogens (tertiary/aromatic N) is 1. The quantitative estimate of drug-likeness (QED) is 0.776. The molecule has 0 aliphatic heterocycles. The van der Waals surface area contributed by atoms with Gasteiger partial charge in [-0.15, -0.1) is 11.3 Å². The molecule has 0 aliphatic rings. The molecular weight excluding hydrogens is 242 g/mol. The van der Waals surface area contributed by atoms with Crippen molar-refractivity contribution < 1.29 is 4.74 Å². The van der Waals surface area contributed by atoms with Crippen LogP contribution in [0.4, 0.5) is 0 Å². The zero-order valence-electron chi connectivity index (χ0n) is 10.9. The van der Waals surface area contributed by atoms with E-state index in [0.29, 0.717) is 6.61 Å². The molecule has 3 heteroatoms. The minimum atomic E-state index is -0.0215. The molecule has 0 saturated carbocycles. The van der Waals surface area contributed by atoms with Crippen LogP contribution in [0.25, 0.3) is 0 Å². The lowest BCUT2D eigenvalue weighted by molar-refractivity contribution is 0.0910. The van der Waals surface area contributed by atoms with Crippen LogP contribution in [0.2, 0.25) is 0 Å². The first-order chi connectivity index (χ1) is 8.85. The number of aryl methyl sites for hydroxylation is 1. The van der Waals surface area contributed by atoms with Gasteiger partial charge in [-0.25, -0.2) is 4.98 Å². The van der Waals surface area contributed by atoms with Crippen LogP contribution in [0.1, 0.15) is 42.6 Å². The maximum Gasteiger partial charge on any atom is 0.134 e. The lowest BCUT2D eigenvalue weighted by atomic mass is 10.1. The summed E-state index contributed by atoms with van der Waals surface area (Å²) in [5.74, 6) is 0. The summed E-state index contributed by atoms with van der Waals surface area (Å²) >= 11 is 1.70. The third kappa shape index (κ3) is 3.18. The van der Waals surface area contributed by atoms with Crippen molar-refractivity contribution >= 4 is 11.3 Å². The second kappa shape index (κ2) is 6.66. The number of hydrogen-bond donors (Lipinski definition) is 0. The summed E-state index contributed by atoms with van der Waals surface area (Å²) in [7, 11) is 0. The van der Waals surface area contributed by atoms with Gasteiger partial charge in [0.1, 0.15) is 11.1 Å². The lowest BCUT2D eigenvalue weighted by Crippen LogP contribution is -2.06. The third-order valence-corrected chi connectivity index (χ3v) is 3.67. The van der Waals surface area contributed by atoms with E-state index in [9.17, 15) is 0 Å². The van der Waals surface area contributed by atoms with Gasteiger partial charge < -0.3 is 4.74 Å². The Kier molecular flexibility index (Phi) is 4.90. The van der Waals surface area contributed by atoms with Crippen molar-refractivity contribution in [1.82, 2.24) is 4.98 Å². The smallest absolute Gasteiger partial charge is 0.134 e. The van der Waals surface area contributed by atoms with Gasteiger partial charge in [-0.3, -0.25) is 0 Å². The van der Waals surface area contributed by atoms with E-state index in [0.717, 1.165) is 17.8 Å². The Balaban J connectivity index is 2.23. The monoisotopic (exact) mass is 261 g/mol. The minimum Gasteiger partial charge on any atom is -0.367 e. The van der Waals surface area contributed by atoms with E-state index in [1.807, 2.05) is 25.1 Å². The molecule has 1 unspecified atom stereocenters. The standard InChI is InChI=1S/C15H19NOS/c1-3-8-13-11-18-15(16-13)14(17-4-2)12-9-6-5-7-10-12/h5-7,9-11,14H,3-4,8H2,1-2H3. The van der Waals surface area contributed by atoms with Crippen LogP contribution in [0.5, 0.6) is 0 Å². The molecule has 0 fully saturated rings. The van der Waals surface area contributed by atoms with E-state index in [1.54, 1.807) is 11.3 Å². The fraction of sp³-hybridized carbons (Fsp3) is 0.400. The number of ether oxygens (including phenoxy) is 1. The van der Waals surface area contributed by atoms with Crippen LogP contribution >= 0.6 is 11.3 Å². The molecule has 2 aromatic rings. The van der Waals surface area contributed by atoms with Crippen molar-refractivity contribution in [1.29, 1.82) is 0 Å². The average Bonchev–Trinajstić information content (AvgIpc) is 2.86. The number of rotatable bonds is 6. The second-order valence-corrected chi connectivity index (χ2v) is 5.06. The van der Waals surface area contributed by atoms with Gasteiger partial charge in [-0.1, -0.05) is 43.7 Å². The van der Waals surface area contributed by atoms with E-state index in [4.69, 9.17) is 4.74 Å². The molecule has 2 rings (SSSR count). The van der Waals surface area contributed by atoms with Crippen LogP contribution in [-0.4, -0.2) is 11.6 Å². The zero-order chi connectivity index (χ0) is 12.8. The van der Waals surface area contributed by atoms with Crippen molar-refractivity contribution in [3.05, 3.63) is 52.0 Å². The van der Waals surface area contributed by atoms with E-state index in [1.165, 1.54) is 11.3 Å². The Morgan fingerprint density at radius 2 is 2.00 bits per heavy atom. The summed E-state index contributed by atoms with van der Waals surface area (Å²) in [5, 5.41) is 3.21. The van der Waals surface area contributed by atoms with Gasteiger partial charge in [0.25, 0.3) is 0 Å². The first-order valence-electron chi connectivity index (χ1n) is 6.46. The summed E-state index contributed by atoms with van der Waals surface area (Å²) in [5.41, 5.74) is 2.36. The normalized spacial score (nSPS) is 12.6. The van der Waals surface area contributed by atoms with Crippen LogP contribution < -0.4 is 0 Å². The SMILES string of the molecule is CCCc1csc(C(OCC)c2ccccc2)n1. The minimum absolute atomic E-state index is 0.0215. The number of aromatic nitrogens is 1. The molecule has 2 nitrogen and oxygen atoms in total. The Hall–Kier alpha value is -1.19. The van der Waals surface area contributed by atoms with Gasteiger partial charge in [0.15, 0.2) is 0 Å². The summed E-state index contributed by atoms with van der Waals surface area (Å²) < 4.78 is 5.85. The molecule has 1 heterocycles. The Morgan fingerprint density at radius 1 is 1.22 bits per heavy atom. The Bertz CT molecular complexity index is 466. The van der Waals surface area contributed by atoms with Gasteiger partial charge >= 0.3 is 0 Å². The van der Waals surface area contributed by atoms with E-state index < -0.39 is 0 Å². The maximum absolute atomic E-state index is 5.85. The van der Waals surface area contributed by atoms with Crippen molar-refractivity contribution in [2.75, 3.05) is 6.61 Å². The van der Waals surface area contributed by atoms with Crippen LogP contribution in [0, 0.1) is 0 Å². The first-order valence-corrected chi connectivity index (χ1v) is 7.34. The average molecular weight is 261 g/mol. The third-order valence-electron chi connectivity index (χ3n) is 2.74. The predicted molar refractivity (Wildman–Crippen MR) is 76.0 cm³/mol. The predicted octanol–water partition coefficient (Wildman–Crippen LogP) is 4.22. The highest BCUT2D eigenvalue weighted by Crippen LogP contribution is 2.28. The molecule has 1 atom stereocenters. The van der Waals surface area contributed by atoms with E-state index >= 15 is 0 Å². The molecule has 0 N–H and O–H groups in total.